The molecular weight excluding hydrogens is 326 g/mol. The molecule has 26 heavy (non-hydrogen) atoms. The molecule has 2 heterocycles. The Hall–Kier alpha value is -2.79. The van der Waals surface area contributed by atoms with Crippen molar-refractivity contribution in [1.29, 1.82) is 0 Å². The van der Waals surface area contributed by atoms with Crippen molar-refractivity contribution in [2.24, 2.45) is 0 Å². The lowest BCUT2D eigenvalue weighted by Gasteiger charge is -2.30. The van der Waals surface area contributed by atoms with Crippen molar-refractivity contribution in [3.05, 3.63) is 54.2 Å². The summed E-state index contributed by atoms with van der Waals surface area (Å²) in [6, 6.07) is 14.0. The number of rotatable bonds is 4. The van der Waals surface area contributed by atoms with Gasteiger partial charge in [-0.05, 0) is 31.2 Å². The highest BCUT2D eigenvalue weighted by atomic mass is 16.5. The van der Waals surface area contributed by atoms with E-state index in [2.05, 4.69) is 28.4 Å². The minimum atomic E-state index is 0.707. The number of piperazine rings is 1. The highest BCUT2D eigenvalue weighted by Gasteiger charge is 2.17. The van der Waals surface area contributed by atoms with E-state index in [1.165, 1.54) is 0 Å². The van der Waals surface area contributed by atoms with E-state index in [1.54, 1.807) is 7.11 Å². The van der Waals surface area contributed by atoms with Gasteiger partial charge >= 0.3 is 0 Å². The summed E-state index contributed by atoms with van der Waals surface area (Å²) in [5.74, 6) is 2.25. The number of aryl methyl sites for hydroxylation is 1. The van der Waals surface area contributed by atoms with Crippen LogP contribution in [0.2, 0.25) is 0 Å². The Morgan fingerprint density at radius 2 is 1.77 bits per heavy atom. The second kappa shape index (κ2) is 7.22. The normalized spacial score (nSPS) is 14.5. The molecule has 1 saturated heterocycles. The zero-order chi connectivity index (χ0) is 17.9. The number of pyridine rings is 1. The van der Waals surface area contributed by atoms with E-state index in [0.29, 0.717) is 5.75 Å². The standard InChI is InChI=1S/C21H23N3O2/c1-15-14-23-20-16(6-5-7-17(20)24-12-10-22-11-13-24)21(15)26-19-9-4-3-8-18(19)25-2/h3-9,14,22H,10-13H2,1-2H3. The molecule has 0 amide bonds. The van der Waals surface area contributed by atoms with Crippen LogP contribution in [0.1, 0.15) is 5.56 Å². The van der Waals surface area contributed by atoms with E-state index in [0.717, 1.165) is 59.8 Å². The molecule has 4 rings (SSSR count). The number of fused-ring (bicyclic) bond motifs is 1. The van der Waals surface area contributed by atoms with E-state index in [1.807, 2.05) is 37.4 Å². The molecule has 0 bridgehead atoms. The van der Waals surface area contributed by atoms with Gasteiger partial charge in [-0.1, -0.05) is 18.2 Å². The minimum absolute atomic E-state index is 0.707. The maximum Gasteiger partial charge on any atom is 0.169 e. The van der Waals surface area contributed by atoms with Crippen molar-refractivity contribution >= 4 is 16.6 Å². The lowest BCUT2D eigenvalue weighted by atomic mass is 10.1. The molecule has 1 aliphatic rings. The first-order chi connectivity index (χ1) is 12.8. The summed E-state index contributed by atoms with van der Waals surface area (Å²) in [6.07, 6.45) is 1.89. The first-order valence-corrected chi connectivity index (χ1v) is 8.93. The first kappa shape index (κ1) is 16.7. The molecule has 134 valence electrons. The number of hydrogen-bond donors (Lipinski definition) is 1. The monoisotopic (exact) mass is 349 g/mol. The largest absolute Gasteiger partial charge is 0.493 e. The number of ether oxygens (including phenoxy) is 2. The van der Waals surface area contributed by atoms with Gasteiger partial charge < -0.3 is 19.7 Å². The van der Waals surface area contributed by atoms with Gasteiger partial charge in [0, 0.05) is 43.3 Å². The smallest absolute Gasteiger partial charge is 0.169 e. The van der Waals surface area contributed by atoms with E-state index in [9.17, 15) is 0 Å². The van der Waals surface area contributed by atoms with Crippen LogP contribution in [0.5, 0.6) is 17.2 Å². The van der Waals surface area contributed by atoms with Crippen molar-refractivity contribution in [1.82, 2.24) is 10.3 Å². The molecule has 1 fully saturated rings. The average molecular weight is 349 g/mol. The number of para-hydroxylation sites is 3. The summed E-state index contributed by atoms with van der Waals surface area (Å²) >= 11 is 0. The number of aromatic nitrogens is 1. The number of hydrogen-bond acceptors (Lipinski definition) is 5. The second-order valence-electron chi connectivity index (χ2n) is 6.43. The van der Waals surface area contributed by atoms with Gasteiger partial charge in [0.05, 0.1) is 18.3 Å². The molecule has 0 unspecified atom stereocenters. The molecule has 1 aromatic heterocycles. The fourth-order valence-electron chi connectivity index (χ4n) is 3.39. The lowest BCUT2D eigenvalue weighted by Crippen LogP contribution is -2.43. The second-order valence-corrected chi connectivity index (χ2v) is 6.43. The summed E-state index contributed by atoms with van der Waals surface area (Å²) in [4.78, 5) is 7.11. The first-order valence-electron chi connectivity index (χ1n) is 8.93. The number of benzene rings is 2. The topological polar surface area (TPSA) is 46.6 Å². The fraction of sp³-hybridized carbons (Fsp3) is 0.286. The summed E-state index contributed by atoms with van der Waals surface area (Å²) in [6.45, 7) is 5.98. The van der Waals surface area contributed by atoms with Crippen molar-refractivity contribution in [2.75, 3.05) is 38.2 Å². The highest BCUT2D eigenvalue weighted by molar-refractivity contribution is 5.95. The summed E-state index contributed by atoms with van der Waals surface area (Å²) < 4.78 is 11.7. The van der Waals surface area contributed by atoms with Crippen LogP contribution in [0.15, 0.2) is 48.7 Å². The molecule has 0 atom stereocenters. The van der Waals surface area contributed by atoms with Gasteiger partial charge in [0.25, 0.3) is 0 Å². The van der Waals surface area contributed by atoms with Crippen LogP contribution in [-0.2, 0) is 0 Å². The zero-order valence-electron chi connectivity index (χ0n) is 15.2. The van der Waals surface area contributed by atoms with Crippen molar-refractivity contribution in [2.45, 2.75) is 6.92 Å². The predicted octanol–water partition coefficient (Wildman–Crippen LogP) is 3.75. The molecule has 1 aliphatic heterocycles. The number of nitrogens with one attached hydrogen (secondary N) is 1. The number of nitrogens with zero attached hydrogens (tertiary/aromatic N) is 2. The van der Waals surface area contributed by atoms with Crippen LogP contribution in [0.3, 0.4) is 0 Å². The Balaban J connectivity index is 1.80. The zero-order valence-corrected chi connectivity index (χ0v) is 15.2. The summed E-state index contributed by atoms with van der Waals surface area (Å²) in [5.41, 5.74) is 3.14. The Labute approximate surface area is 153 Å². The fourth-order valence-corrected chi connectivity index (χ4v) is 3.39. The van der Waals surface area contributed by atoms with Gasteiger partial charge in [-0.2, -0.15) is 0 Å². The van der Waals surface area contributed by atoms with Crippen LogP contribution in [0.4, 0.5) is 5.69 Å². The maximum atomic E-state index is 6.29. The minimum Gasteiger partial charge on any atom is -0.493 e. The SMILES string of the molecule is COc1ccccc1Oc1c(C)cnc2c(N3CCNCC3)cccc12. The third-order valence-corrected chi connectivity index (χ3v) is 4.74. The third-order valence-electron chi connectivity index (χ3n) is 4.74. The molecule has 2 aromatic carbocycles. The van der Waals surface area contributed by atoms with E-state index < -0.39 is 0 Å². The summed E-state index contributed by atoms with van der Waals surface area (Å²) in [7, 11) is 1.65. The molecule has 1 N–H and O–H groups in total. The molecule has 0 aliphatic carbocycles. The molecule has 3 aromatic rings. The molecule has 0 radical (unpaired) electrons. The third kappa shape index (κ3) is 3.06. The van der Waals surface area contributed by atoms with Crippen LogP contribution in [-0.4, -0.2) is 38.3 Å². The Kier molecular flexibility index (Phi) is 4.63. The van der Waals surface area contributed by atoms with Crippen LogP contribution in [0.25, 0.3) is 10.9 Å². The van der Waals surface area contributed by atoms with Gasteiger partial charge in [-0.25, -0.2) is 0 Å². The molecule has 5 nitrogen and oxygen atoms in total. The van der Waals surface area contributed by atoms with Crippen LogP contribution in [0, 0.1) is 6.92 Å². The van der Waals surface area contributed by atoms with Crippen LogP contribution >= 0.6 is 0 Å². The maximum absolute atomic E-state index is 6.29. The molecule has 0 saturated carbocycles. The Morgan fingerprint density at radius 1 is 1.00 bits per heavy atom. The highest BCUT2D eigenvalue weighted by Crippen LogP contribution is 2.38. The van der Waals surface area contributed by atoms with Crippen molar-refractivity contribution in [3.8, 4) is 17.2 Å². The molecule has 5 heteroatoms. The Morgan fingerprint density at radius 3 is 2.54 bits per heavy atom. The van der Waals surface area contributed by atoms with Crippen molar-refractivity contribution < 1.29 is 9.47 Å². The predicted molar refractivity (Wildman–Crippen MR) is 105 cm³/mol. The summed E-state index contributed by atoms with van der Waals surface area (Å²) in [5, 5.41) is 4.42. The van der Waals surface area contributed by atoms with E-state index in [4.69, 9.17) is 14.5 Å². The number of methoxy groups -OCH3 is 1. The van der Waals surface area contributed by atoms with Gasteiger partial charge in [0.2, 0.25) is 0 Å². The average Bonchev–Trinajstić information content (AvgIpc) is 2.70. The quantitative estimate of drug-likeness (QED) is 0.777. The van der Waals surface area contributed by atoms with E-state index in [-0.39, 0.29) is 0 Å². The van der Waals surface area contributed by atoms with E-state index >= 15 is 0 Å². The Bertz CT molecular complexity index is 920. The van der Waals surface area contributed by atoms with Crippen LogP contribution < -0.4 is 19.7 Å². The van der Waals surface area contributed by atoms with Gasteiger partial charge in [0.1, 0.15) is 5.75 Å². The van der Waals surface area contributed by atoms with Gasteiger partial charge in [0.15, 0.2) is 11.5 Å². The van der Waals surface area contributed by atoms with Crippen molar-refractivity contribution in [3.63, 3.8) is 0 Å². The molecular formula is C21H23N3O2. The van der Waals surface area contributed by atoms with Gasteiger partial charge in [-0.15, -0.1) is 0 Å². The lowest BCUT2D eigenvalue weighted by molar-refractivity contribution is 0.379. The number of anilines is 1. The molecule has 0 spiro atoms. The van der Waals surface area contributed by atoms with Gasteiger partial charge in [-0.3, -0.25) is 4.98 Å².